The monoisotopic (exact) mass is 309 g/mol. The Labute approximate surface area is 137 Å². The standard InChI is InChI=1S/C20H23NO2/c1-23-20(22)19-17(16-10-6-3-7-11-16)12-13-21-18(19)14-15-8-4-2-5-9-15/h2,4-5,8-9,12-13,16H,3,6-7,10-11,14H2,1H3. The van der Waals surface area contributed by atoms with E-state index < -0.39 is 0 Å². The Kier molecular flexibility index (Phi) is 5.06. The molecule has 1 aliphatic carbocycles. The van der Waals surface area contributed by atoms with Gasteiger partial charge in [-0.05, 0) is 36.0 Å². The molecule has 0 saturated heterocycles. The van der Waals surface area contributed by atoms with E-state index in [1.165, 1.54) is 26.4 Å². The molecule has 0 N–H and O–H groups in total. The molecule has 0 aliphatic heterocycles. The summed E-state index contributed by atoms with van der Waals surface area (Å²) in [6, 6.07) is 12.2. The van der Waals surface area contributed by atoms with Crippen molar-refractivity contribution in [3.63, 3.8) is 0 Å². The van der Waals surface area contributed by atoms with Gasteiger partial charge in [0.15, 0.2) is 0 Å². The number of methoxy groups -OCH3 is 1. The molecule has 0 amide bonds. The van der Waals surface area contributed by atoms with Crippen molar-refractivity contribution in [2.24, 2.45) is 0 Å². The summed E-state index contributed by atoms with van der Waals surface area (Å²) in [5.41, 5.74) is 3.79. The maximum atomic E-state index is 12.4. The molecular weight excluding hydrogens is 286 g/mol. The minimum absolute atomic E-state index is 0.260. The van der Waals surface area contributed by atoms with Crippen molar-refractivity contribution < 1.29 is 9.53 Å². The van der Waals surface area contributed by atoms with Gasteiger partial charge in [0.1, 0.15) is 0 Å². The molecule has 23 heavy (non-hydrogen) atoms. The molecule has 2 aromatic rings. The minimum atomic E-state index is -0.260. The first-order valence-corrected chi connectivity index (χ1v) is 8.39. The van der Waals surface area contributed by atoms with Gasteiger partial charge in [-0.3, -0.25) is 4.98 Å². The first kappa shape index (κ1) is 15.7. The summed E-state index contributed by atoms with van der Waals surface area (Å²) < 4.78 is 5.07. The number of carbonyl (C=O) groups excluding carboxylic acids is 1. The molecule has 1 fully saturated rings. The fraction of sp³-hybridized carbons (Fsp3) is 0.400. The predicted molar refractivity (Wildman–Crippen MR) is 90.7 cm³/mol. The van der Waals surface area contributed by atoms with E-state index in [0.717, 1.165) is 29.7 Å². The summed E-state index contributed by atoms with van der Waals surface area (Å²) in [6.45, 7) is 0. The molecule has 1 heterocycles. The van der Waals surface area contributed by atoms with Crippen molar-refractivity contribution in [1.82, 2.24) is 4.98 Å². The normalized spacial score (nSPS) is 15.3. The van der Waals surface area contributed by atoms with E-state index in [1.807, 2.05) is 30.5 Å². The fourth-order valence-electron chi connectivity index (χ4n) is 3.54. The lowest BCUT2D eigenvalue weighted by Gasteiger charge is -2.24. The van der Waals surface area contributed by atoms with Gasteiger partial charge in [0.25, 0.3) is 0 Å². The molecular formula is C20H23NO2. The van der Waals surface area contributed by atoms with E-state index in [0.29, 0.717) is 17.9 Å². The molecule has 1 aromatic carbocycles. The van der Waals surface area contributed by atoms with Crippen LogP contribution in [0.1, 0.15) is 65.2 Å². The number of aromatic nitrogens is 1. The highest BCUT2D eigenvalue weighted by atomic mass is 16.5. The van der Waals surface area contributed by atoms with Crippen LogP contribution in [0.3, 0.4) is 0 Å². The van der Waals surface area contributed by atoms with Crippen LogP contribution >= 0.6 is 0 Å². The van der Waals surface area contributed by atoms with Gasteiger partial charge in [0.2, 0.25) is 0 Å². The third kappa shape index (κ3) is 3.61. The zero-order valence-corrected chi connectivity index (χ0v) is 13.6. The Hall–Kier alpha value is -2.16. The Morgan fingerprint density at radius 3 is 2.57 bits per heavy atom. The fourth-order valence-corrected chi connectivity index (χ4v) is 3.54. The van der Waals surface area contributed by atoms with Crippen molar-refractivity contribution in [3.05, 3.63) is 65.0 Å². The van der Waals surface area contributed by atoms with Crippen LogP contribution in [-0.2, 0) is 11.2 Å². The second kappa shape index (κ2) is 7.40. The van der Waals surface area contributed by atoms with Gasteiger partial charge in [-0.2, -0.15) is 0 Å². The quantitative estimate of drug-likeness (QED) is 0.780. The number of carbonyl (C=O) groups is 1. The topological polar surface area (TPSA) is 39.2 Å². The van der Waals surface area contributed by atoms with Crippen LogP contribution in [-0.4, -0.2) is 18.1 Å². The summed E-state index contributed by atoms with van der Waals surface area (Å²) in [4.78, 5) is 16.9. The van der Waals surface area contributed by atoms with Crippen LogP contribution in [0.15, 0.2) is 42.6 Å². The Morgan fingerprint density at radius 2 is 1.87 bits per heavy atom. The largest absolute Gasteiger partial charge is 0.465 e. The number of ether oxygens (including phenoxy) is 1. The summed E-state index contributed by atoms with van der Waals surface area (Å²) >= 11 is 0. The second-order valence-corrected chi connectivity index (χ2v) is 6.21. The first-order chi connectivity index (χ1) is 11.3. The molecule has 0 radical (unpaired) electrons. The number of hydrogen-bond donors (Lipinski definition) is 0. The minimum Gasteiger partial charge on any atom is -0.465 e. The molecule has 1 saturated carbocycles. The van der Waals surface area contributed by atoms with Crippen LogP contribution in [0.25, 0.3) is 0 Å². The van der Waals surface area contributed by atoms with Gasteiger partial charge in [0.05, 0.1) is 18.4 Å². The summed E-state index contributed by atoms with van der Waals surface area (Å²) in [5, 5.41) is 0. The van der Waals surface area contributed by atoms with Gasteiger partial charge in [-0.25, -0.2) is 4.79 Å². The molecule has 3 rings (SSSR count). The van der Waals surface area contributed by atoms with Crippen molar-refractivity contribution in [3.8, 4) is 0 Å². The SMILES string of the molecule is COC(=O)c1c(C2CCCCC2)ccnc1Cc1ccccc1. The van der Waals surface area contributed by atoms with Crippen molar-refractivity contribution in [1.29, 1.82) is 0 Å². The number of esters is 1. The number of benzene rings is 1. The zero-order chi connectivity index (χ0) is 16.1. The number of hydrogen-bond acceptors (Lipinski definition) is 3. The lowest BCUT2D eigenvalue weighted by Crippen LogP contribution is -2.16. The Morgan fingerprint density at radius 1 is 1.13 bits per heavy atom. The third-order valence-electron chi connectivity index (χ3n) is 4.71. The highest BCUT2D eigenvalue weighted by molar-refractivity contribution is 5.92. The van der Waals surface area contributed by atoms with E-state index in [1.54, 1.807) is 0 Å². The number of nitrogens with zero attached hydrogens (tertiary/aromatic N) is 1. The molecule has 0 bridgehead atoms. The van der Waals surface area contributed by atoms with Gasteiger partial charge in [0, 0.05) is 12.6 Å². The van der Waals surface area contributed by atoms with E-state index in [-0.39, 0.29) is 5.97 Å². The lowest BCUT2D eigenvalue weighted by atomic mass is 9.81. The van der Waals surface area contributed by atoms with E-state index in [2.05, 4.69) is 17.1 Å². The van der Waals surface area contributed by atoms with E-state index in [4.69, 9.17) is 4.74 Å². The average molecular weight is 309 g/mol. The second-order valence-electron chi connectivity index (χ2n) is 6.21. The zero-order valence-electron chi connectivity index (χ0n) is 13.6. The first-order valence-electron chi connectivity index (χ1n) is 8.39. The van der Waals surface area contributed by atoms with Crippen LogP contribution in [0, 0.1) is 0 Å². The van der Waals surface area contributed by atoms with E-state index in [9.17, 15) is 4.79 Å². The van der Waals surface area contributed by atoms with Gasteiger partial charge >= 0.3 is 5.97 Å². The lowest BCUT2D eigenvalue weighted by molar-refractivity contribution is 0.0596. The van der Waals surface area contributed by atoms with Gasteiger partial charge in [-0.1, -0.05) is 49.6 Å². The van der Waals surface area contributed by atoms with Crippen LogP contribution in [0.2, 0.25) is 0 Å². The van der Waals surface area contributed by atoms with Crippen LogP contribution in [0.4, 0.5) is 0 Å². The summed E-state index contributed by atoms with van der Waals surface area (Å²) in [7, 11) is 1.45. The van der Waals surface area contributed by atoms with Crippen LogP contribution in [0.5, 0.6) is 0 Å². The van der Waals surface area contributed by atoms with Crippen molar-refractivity contribution in [2.75, 3.05) is 7.11 Å². The molecule has 0 spiro atoms. The molecule has 0 unspecified atom stereocenters. The van der Waals surface area contributed by atoms with Crippen molar-refractivity contribution in [2.45, 2.75) is 44.4 Å². The molecule has 0 atom stereocenters. The Balaban J connectivity index is 1.99. The van der Waals surface area contributed by atoms with Crippen LogP contribution < -0.4 is 0 Å². The molecule has 1 aliphatic rings. The Bertz CT molecular complexity index is 661. The number of pyridine rings is 1. The maximum absolute atomic E-state index is 12.4. The highest BCUT2D eigenvalue weighted by Gasteiger charge is 2.25. The molecule has 120 valence electrons. The third-order valence-corrected chi connectivity index (χ3v) is 4.71. The predicted octanol–water partition coefficient (Wildman–Crippen LogP) is 4.51. The maximum Gasteiger partial charge on any atom is 0.340 e. The molecule has 3 nitrogen and oxygen atoms in total. The van der Waals surface area contributed by atoms with Crippen molar-refractivity contribution >= 4 is 5.97 Å². The molecule has 1 aromatic heterocycles. The van der Waals surface area contributed by atoms with E-state index >= 15 is 0 Å². The average Bonchev–Trinajstić information content (AvgIpc) is 2.62. The number of rotatable bonds is 4. The smallest absolute Gasteiger partial charge is 0.340 e. The van der Waals surface area contributed by atoms with Gasteiger partial charge in [-0.15, -0.1) is 0 Å². The highest BCUT2D eigenvalue weighted by Crippen LogP contribution is 2.35. The summed E-state index contributed by atoms with van der Waals surface area (Å²) in [6.07, 6.45) is 8.58. The summed E-state index contributed by atoms with van der Waals surface area (Å²) in [5.74, 6) is 0.194. The van der Waals surface area contributed by atoms with Gasteiger partial charge < -0.3 is 4.74 Å². The molecule has 3 heteroatoms.